The predicted molar refractivity (Wildman–Crippen MR) is 93.4 cm³/mol. The van der Waals surface area contributed by atoms with Gasteiger partial charge in [0.2, 0.25) is 0 Å². The van der Waals surface area contributed by atoms with Crippen molar-refractivity contribution in [3.63, 3.8) is 0 Å². The number of ether oxygens (including phenoxy) is 1. The molecule has 0 aliphatic carbocycles. The maximum absolute atomic E-state index is 13.2. The maximum atomic E-state index is 13.2. The summed E-state index contributed by atoms with van der Waals surface area (Å²) in [5, 5.41) is 0. The normalized spacial score (nSPS) is 14.2. The Morgan fingerprint density at radius 3 is 2.23 bits per heavy atom. The van der Waals surface area contributed by atoms with Crippen LogP contribution in [0.2, 0.25) is 0 Å². The Balaban J connectivity index is 1.64. The van der Waals surface area contributed by atoms with Gasteiger partial charge in [0.1, 0.15) is 11.6 Å². The molecule has 26 heavy (non-hydrogen) atoms. The number of nitrogens with zero attached hydrogens (tertiary/aromatic N) is 3. The number of aromatic nitrogens is 1. The van der Waals surface area contributed by atoms with E-state index in [1.54, 1.807) is 28.0 Å². The van der Waals surface area contributed by atoms with Crippen molar-refractivity contribution in [2.24, 2.45) is 0 Å². The highest BCUT2D eigenvalue weighted by molar-refractivity contribution is 5.96. The van der Waals surface area contributed by atoms with Gasteiger partial charge in [0.25, 0.3) is 11.8 Å². The number of piperazine rings is 1. The molecule has 1 aromatic heterocycles. The first-order valence-electron chi connectivity index (χ1n) is 8.12. The van der Waals surface area contributed by atoms with Crippen molar-refractivity contribution in [3.8, 4) is 5.75 Å². The van der Waals surface area contributed by atoms with Crippen LogP contribution in [0.4, 0.5) is 10.1 Å². The fraction of sp³-hybridized carbons (Fsp3) is 0.278. The van der Waals surface area contributed by atoms with Crippen molar-refractivity contribution in [3.05, 3.63) is 53.6 Å². The topological polar surface area (TPSA) is 88.8 Å². The number of hydrogen-bond acceptors (Lipinski definition) is 5. The molecule has 0 spiro atoms. The first kappa shape index (κ1) is 17.7. The van der Waals surface area contributed by atoms with Crippen LogP contribution in [0.5, 0.6) is 5.75 Å². The van der Waals surface area contributed by atoms with Gasteiger partial charge in [0, 0.05) is 37.9 Å². The van der Waals surface area contributed by atoms with E-state index in [9.17, 15) is 14.0 Å². The number of carbonyl (C=O) groups excluding carboxylic acids is 2. The summed E-state index contributed by atoms with van der Waals surface area (Å²) in [7, 11) is 1.49. The van der Waals surface area contributed by atoms with Crippen molar-refractivity contribution in [2.75, 3.05) is 39.0 Å². The standard InChI is InChI=1S/C18H19FN4O3/c1-26-16-9-12(2-3-15(16)20)17(24)22-4-6-23(7-5-22)18(25)13-8-14(19)11-21-10-13/h2-3,8-11H,4-7,20H2,1H3. The summed E-state index contributed by atoms with van der Waals surface area (Å²) in [5.74, 6) is -0.550. The third-order valence-electron chi connectivity index (χ3n) is 4.29. The Morgan fingerprint density at radius 1 is 1.04 bits per heavy atom. The number of pyridine rings is 1. The second-order valence-electron chi connectivity index (χ2n) is 5.93. The summed E-state index contributed by atoms with van der Waals surface area (Å²) < 4.78 is 18.4. The average Bonchev–Trinajstić information content (AvgIpc) is 2.67. The van der Waals surface area contributed by atoms with Gasteiger partial charge in [0.15, 0.2) is 0 Å². The molecular formula is C18H19FN4O3. The molecule has 2 amide bonds. The second-order valence-corrected chi connectivity index (χ2v) is 5.93. The van der Waals surface area contributed by atoms with E-state index in [1.807, 2.05) is 0 Å². The molecule has 2 heterocycles. The second kappa shape index (κ2) is 7.38. The lowest BCUT2D eigenvalue weighted by atomic mass is 10.1. The lowest BCUT2D eigenvalue weighted by Gasteiger charge is -2.34. The van der Waals surface area contributed by atoms with Gasteiger partial charge in [-0.2, -0.15) is 0 Å². The number of hydrogen-bond donors (Lipinski definition) is 1. The number of methoxy groups -OCH3 is 1. The van der Waals surface area contributed by atoms with E-state index >= 15 is 0 Å². The Morgan fingerprint density at radius 2 is 1.65 bits per heavy atom. The van der Waals surface area contributed by atoms with Crippen LogP contribution in [0.25, 0.3) is 0 Å². The Hall–Kier alpha value is -3.16. The van der Waals surface area contributed by atoms with E-state index in [1.165, 1.54) is 13.3 Å². The third kappa shape index (κ3) is 3.58. The van der Waals surface area contributed by atoms with Crippen LogP contribution in [0, 0.1) is 5.82 Å². The van der Waals surface area contributed by atoms with Crippen molar-refractivity contribution in [2.45, 2.75) is 0 Å². The molecular weight excluding hydrogens is 339 g/mol. The molecule has 0 atom stereocenters. The van der Waals surface area contributed by atoms with Gasteiger partial charge in [-0.25, -0.2) is 4.39 Å². The number of rotatable bonds is 3. The van der Waals surface area contributed by atoms with E-state index in [0.717, 1.165) is 12.3 Å². The fourth-order valence-electron chi connectivity index (χ4n) is 2.85. The number of benzene rings is 1. The van der Waals surface area contributed by atoms with Gasteiger partial charge >= 0.3 is 0 Å². The number of anilines is 1. The number of halogens is 1. The van der Waals surface area contributed by atoms with Gasteiger partial charge in [0.05, 0.1) is 24.6 Å². The van der Waals surface area contributed by atoms with E-state index < -0.39 is 5.82 Å². The summed E-state index contributed by atoms with van der Waals surface area (Å²) >= 11 is 0. The first-order valence-corrected chi connectivity index (χ1v) is 8.12. The summed E-state index contributed by atoms with van der Waals surface area (Å²) in [5.41, 5.74) is 6.91. The Bertz CT molecular complexity index is 835. The highest BCUT2D eigenvalue weighted by Crippen LogP contribution is 2.23. The Labute approximate surface area is 150 Å². The molecule has 3 rings (SSSR count). The van der Waals surface area contributed by atoms with Gasteiger partial charge in [-0.05, 0) is 24.3 Å². The molecule has 0 radical (unpaired) electrons. The van der Waals surface area contributed by atoms with Crippen LogP contribution in [0.1, 0.15) is 20.7 Å². The minimum absolute atomic E-state index is 0.150. The molecule has 1 aliphatic rings. The van der Waals surface area contributed by atoms with Crippen LogP contribution >= 0.6 is 0 Å². The molecule has 2 N–H and O–H groups in total. The molecule has 7 nitrogen and oxygen atoms in total. The van der Waals surface area contributed by atoms with Crippen molar-refractivity contribution < 1.29 is 18.7 Å². The number of nitrogen functional groups attached to an aromatic ring is 1. The number of carbonyl (C=O) groups is 2. The molecule has 0 unspecified atom stereocenters. The average molecular weight is 358 g/mol. The molecule has 136 valence electrons. The third-order valence-corrected chi connectivity index (χ3v) is 4.29. The van der Waals surface area contributed by atoms with Gasteiger partial charge in [-0.3, -0.25) is 14.6 Å². The van der Waals surface area contributed by atoms with Crippen molar-refractivity contribution >= 4 is 17.5 Å². The molecule has 2 aromatic rings. The number of nitrogens with two attached hydrogens (primary N) is 1. The summed E-state index contributed by atoms with van der Waals surface area (Å²) in [4.78, 5) is 32.0. The highest BCUT2D eigenvalue weighted by atomic mass is 19.1. The Kier molecular flexibility index (Phi) is 5.01. The molecule has 0 saturated carbocycles. The zero-order valence-electron chi connectivity index (χ0n) is 14.3. The largest absolute Gasteiger partial charge is 0.495 e. The van der Waals surface area contributed by atoms with Crippen molar-refractivity contribution in [1.29, 1.82) is 0 Å². The molecule has 1 fully saturated rings. The van der Waals surface area contributed by atoms with E-state index in [2.05, 4.69) is 4.98 Å². The van der Waals surface area contributed by atoms with Crippen LogP contribution in [-0.4, -0.2) is 59.9 Å². The smallest absolute Gasteiger partial charge is 0.255 e. The summed E-state index contributed by atoms with van der Waals surface area (Å²) in [6, 6.07) is 6.04. The zero-order valence-corrected chi connectivity index (χ0v) is 14.3. The summed E-state index contributed by atoms with van der Waals surface area (Å²) in [6.07, 6.45) is 2.39. The number of amides is 2. The summed E-state index contributed by atoms with van der Waals surface area (Å²) in [6.45, 7) is 1.51. The van der Waals surface area contributed by atoms with Crippen LogP contribution in [0.15, 0.2) is 36.7 Å². The van der Waals surface area contributed by atoms with Crippen LogP contribution in [0.3, 0.4) is 0 Å². The fourth-order valence-corrected chi connectivity index (χ4v) is 2.85. The lowest BCUT2D eigenvalue weighted by molar-refractivity contribution is 0.0535. The SMILES string of the molecule is COc1cc(C(=O)N2CCN(C(=O)c3cncc(F)c3)CC2)ccc1N. The molecule has 8 heteroatoms. The predicted octanol–water partition coefficient (Wildman–Crippen LogP) is 1.41. The monoisotopic (exact) mass is 358 g/mol. The minimum Gasteiger partial charge on any atom is -0.495 e. The highest BCUT2D eigenvalue weighted by Gasteiger charge is 2.26. The van der Waals surface area contributed by atoms with Crippen LogP contribution in [-0.2, 0) is 0 Å². The van der Waals surface area contributed by atoms with Crippen molar-refractivity contribution in [1.82, 2.24) is 14.8 Å². The lowest BCUT2D eigenvalue weighted by Crippen LogP contribution is -2.50. The first-order chi connectivity index (χ1) is 12.5. The maximum Gasteiger partial charge on any atom is 0.255 e. The van der Waals surface area contributed by atoms with Crippen LogP contribution < -0.4 is 10.5 Å². The van der Waals surface area contributed by atoms with Gasteiger partial charge < -0.3 is 20.3 Å². The van der Waals surface area contributed by atoms with E-state index in [0.29, 0.717) is 43.2 Å². The zero-order chi connectivity index (χ0) is 18.7. The van der Waals surface area contributed by atoms with Gasteiger partial charge in [-0.1, -0.05) is 0 Å². The quantitative estimate of drug-likeness (QED) is 0.838. The minimum atomic E-state index is -0.554. The molecule has 1 aromatic carbocycles. The van der Waals surface area contributed by atoms with E-state index in [-0.39, 0.29) is 17.4 Å². The van der Waals surface area contributed by atoms with E-state index in [4.69, 9.17) is 10.5 Å². The van der Waals surface area contributed by atoms with Gasteiger partial charge in [-0.15, -0.1) is 0 Å². The molecule has 1 aliphatic heterocycles. The molecule has 0 bridgehead atoms. The molecule has 1 saturated heterocycles.